The maximum atomic E-state index is 5.87. The van der Waals surface area contributed by atoms with Gasteiger partial charge in [0.05, 0.1) is 0 Å². The predicted octanol–water partition coefficient (Wildman–Crippen LogP) is 4.20. The van der Waals surface area contributed by atoms with Crippen molar-refractivity contribution in [1.82, 2.24) is 4.98 Å². The van der Waals surface area contributed by atoms with Crippen molar-refractivity contribution in [2.45, 2.75) is 19.8 Å². The molecular weight excluding hydrogens is 218 g/mol. The highest BCUT2D eigenvalue weighted by atomic mass is 35.5. The maximum Gasteiger partial charge on any atom is 0.0475 e. The van der Waals surface area contributed by atoms with Crippen LogP contribution >= 0.6 is 11.6 Å². The molecule has 16 heavy (non-hydrogen) atoms. The van der Waals surface area contributed by atoms with Crippen LogP contribution in [0.15, 0.2) is 42.6 Å². The molecule has 0 aliphatic carbocycles. The van der Waals surface area contributed by atoms with Gasteiger partial charge in [-0.1, -0.05) is 36.7 Å². The van der Waals surface area contributed by atoms with Crippen LogP contribution in [0.4, 0.5) is 0 Å². The summed E-state index contributed by atoms with van der Waals surface area (Å²) in [5.41, 5.74) is 3.51. The highest BCUT2D eigenvalue weighted by Crippen LogP contribution is 2.23. The van der Waals surface area contributed by atoms with Gasteiger partial charge in [-0.25, -0.2) is 0 Å². The van der Waals surface area contributed by atoms with Crippen molar-refractivity contribution in [3.63, 3.8) is 0 Å². The Morgan fingerprint density at radius 2 is 1.75 bits per heavy atom. The Morgan fingerprint density at radius 1 is 1.06 bits per heavy atom. The topological polar surface area (TPSA) is 12.9 Å². The lowest BCUT2D eigenvalue weighted by Crippen LogP contribution is -1.98. The van der Waals surface area contributed by atoms with Crippen molar-refractivity contribution in [2.24, 2.45) is 0 Å². The summed E-state index contributed by atoms with van der Waals surface area (Å²) in [6.07, 6.45) is 1.90. The lowest BCUT2D eigenvalue weighted by molar-refractivity contribution is 0.869. The smallest absolute Gasteiger partial charge is 0.0475 e. The van der Waals surface area contributed by atoms with E-state index in [1.54, 1.807) is 0 Å². The van der Waals surface area contributed by atoms with E-state index in [1.807, 2.05) is 25.3 Å². The van der Waals surface area contributed by atoms with E-state index in [1.165, 1.54) is 11.1 Å². The third-order valence-electron chi connectivity index (χ3n) is 2.75. The number of benzene rings is 1. The van der Waals surface area contributed by atoms with Gasteiger partial charge in [-0.3, -0.25) is 4.98 Å². The minimum Gasteiger partial charge on any atom is -0.260 e. The monoisotopic (exact) mass is 231 g/mol. The molecule has 2 heteroatoms. The lowest BCUT2D eigenvalue weighted by Gasteiger charge is -2.11. The van der Waals surface area contributed by atoms with Gasteiger partial charge >= 0.3 is 0 Å². The van der Waals surface area contributed by atoms with Gasteiger partial charge in [0.1, 0.15) is 0 Å². The number of halogens is 1. The second-order valence-electron chi connectivity index (χ2n) is 4.03. The number of nitrogens with zero attached hydrogens (tertiary/aromatic N) is 1. The third kappa shape index (κ3) is 2.42. The quantitative estimate of drug-likeness (QED) is 0.755. The summed E-state index contributed by atoms with van der Waals surface area (Å²) in [5.74, 6) is 0.304. The summed E-state index contributed by atoms with van der Waals surface area (Å²) < 4.78 is 0. The molecule has 82 valence electrons. The Hall–Kier alpha value is -1.34. The molecule has 1 heterocycles. The van der Waals surface area contributed by atoms with E-state index in [0.29, 0.717) is 5.92 Å². The van der Waals surface area contributed by atoms with Crippen molar-refractivity contribution in [3.05, 3.63) is 64.4 Å². The van der Waals surface area contributed by atoms with Crippen LogP contribution in [0.2, 0.25) is 5.02 Å². The highest BCUT2D eigenvalue weighted by Gasteiger charge is 2.08. The summed E-state index contributed by atoms with van der Waals surface area (Å²) in [6, 6.07) is 12.1. The van der Waals surface area contributed by atoms with E-state index < -0.39 is 0 Å². The van der Waals surface area contributed by atoms with Gasteiger partial charge < -0.3 is 0 Å². The number of hydrogen-bond donors (Lipinski definition) is 0. The van der Waals surface area contributed by atoms with Crippen molar-refractivity contribution >= 4 is 11.6 Å². The zero-order valence-corrected chi connectivity index (χ0v) is 10.2. The summed E-state index contributed by atoms with van der Waals surface area (Å²) in [4.78, 5) is 4.44. The Kier molecular flexibility index (Phi) is 3.25. The van der Waals surface area contributed by atoms with Crippen LogP contribution in [0.25, 0.3) is 0 Å². The summed E-state index contributed by atoms with van der Waals surface area (Å²) in [5, 5.41) is 0.771. The molecule has 0 spiro atoms. The number of pyridine rings is 1. The molecule has 2 rings (SSSR count). The van der Waals surface area contributed by atoms with Gasteiger partial charge in [0.25, 0.3) is 0 Å². The average molecular weight is 232 g/mol. The average Bonchev–Trinajstić information content (AvgIpc) is 2.30. The first-order chi connectivity index (χ1) is 7.66. The fraction of sp³-hybridized carbons (Fsp3) is 0.214. The Morgan fingerprint density at radius 3 is 2.31 bits per heavy atom. The van der Waals surface area contributed by atoms with E-state index in [-0.39, 0.29) is 0 Å². The van der Waals surface area contributed by atoms with Crippen molar-refractivity contribution in [1.29, 1.82) is 0 Å². The van der Waals surface area contributed by atoms with Crippen LogP contribution in [0.5, 0.6) is 0 Å². The number of aryl methyl sites for hydroxylation is 1. The molecule has 0 saturated heterocycles. The fourth-order valence-corrected chi connectivity index (χ4v) is 1.78. The lowest BCUT2D eigenvalue weighted by atomic mass is 9.97. The molecule has 1 aromatic carbocycles. The standard InChI is InChI=1S/C14H14ClN/c1-10-3-8-14(16-9-10)11(2)12-4-6-13(15)7-5-12/h3-9,11H,1-2H3. The van der Waals surface area contributed by atoms with Gasteiger partial charge in [0.15, 0.2) is 0 Å². The second kappa shape index (κ2) is 4.67. The van der Waals surface area contributed by atoms with Crippen LogP contribution in [-0.2, 0) is 0 Å². The van der Waals surface area contributed by atoms with Gasteiger partial charge in [-0.2, -0.15) is 0 Å². The molecule has 1 aromatic heterocycles. The molecular formula is C14H14ClN. The van der Waals surface area contributed by atoms with Crippen molar-refractivity contribution in [2.75, 3.05) is 0 Å². The Labute approximate surface area is 101 Å². The van der Waals surface area contributed by atoms with Crippen LogP contribution in [0.3, 0.4) is 0 Å². The van der Waals surface area contributed by atoms with E-state index in [0.717, 1.165) is 10.7 Å². The molecule has 1 atom stereocenters. The Balaban J connectivity index is 2.28. The Bertz CT molecular complexity index is 414. The van der Waals surface area contributed by atoms with E-state index >= 15 is 0 Å². The first kappa shape index (κ1) is 11.2. The molecule has 0 N–H and O–H groups in total. The molecule has 2 aromatic rings. The van der Waals surface area contributed by atoms with E-state index in [9.17, 15) is 0 Å². The van der Waals surface area contributed by atoms with Crippen molar-refractivity contribution in [3.8, 4) is 0 Å². The normalized spacial score (nSPS) is 12.4. The minimum atomic E-state index is 0.304. The molecule has 0 fully saturated rings. The molecule has 1 unspecified atom stereocenters. The van der Waals surface area contributed by atoms with Gasteiger partial charge in [-0.05, 0) is 36.2 Å². The first-order valence-corrected chi connectivity index (χ1v) is 5.72. The SMILES string of the molecule is Cc1ccc(C(C)c2ccc(Cl)cc2)nc1. The number of hydrogen-bond acceptors (Lipinski definition) is 1. The second-order valence-corrected chi connectivity index (χ2v) is 4.47. The molecule has 1 nitrogen and oxygen atoms in total. The number of rotatable bonds is 2. The summed E-state index contributed by atoms with van der Waals surface area (Å²) >= 11 is 5.87. The molecule has 0 saturated carbocycles. The summed E-state index contributed by atoms with van der Waals surface area (Å²) in [7, 11) is 0. The van der Waals surface area contributed by atoms with Crippen LogP contribution in [0, 0.1) is 6.92 Å². The highest BCUT2D eigenvalue weighted by molar-refractivity contribution is 6.30. The van der Waals surface area contributed by atoms with E-state index in [2.05, 4.69) is 36.2 Å². The van der Waals surface area contributed by atoms with Crippen LogP contribution in [0.1, 0.15) is 29.7 Å². The molecule has 0 amide bonds. The zero-order chi connectivity index (χ0) is 11.5. The first-order valence-electron chi connectivity index (χ1n) is 5.35. The predicted molar refractivity (Wildman–Crippen MR) is 67.9 cm³/mol. The third-order valence-corrected chi connectivity index (χ3v) is 3.00. The largest absolute Gasteiger partial charge is 0.260 e. The fourth-order valence-electron chi connectivity index (χ4n) is 1.66. The molecule has 0 radical (unpaired) electrons. The molecule has 0 bridgehead atoms. The van der Waals surface area contributed by atoms with Gasteiger partial charge in [-0.15, -0.1) is 0 Å². The number of aromatic nitrogens is 1. The van der Waals surface area contributed by atoms with Crippen LogP contribution in [-0.4, -0.2) is 4.98 Å². The minimum absolute atomic E-state index is 0.304. The van der Waals surface area contributed by atoms with Crippen LogP contribution < -0.4 is 0 Å². The maximum absolute atomic E-state index is 5.87. The van der Waals surface area contributed by atoms with Crippen molar-refractivity contribution < 1.29 is 0 Å². The van der Waals surface area contributed by atoms with Gasteiger partial charge in [0, 0.05) is 22.8 Å². The molecule has 0 aliphatic rings. The van der Waals surface area contributed by atoms with E-state index in [4.69, 9.17) is 11.6 Å². The molecule has 0 aliphatic heterocycles. The summed E-state index contributed by atoms with van der Waals surface area (Å²) in [6.45, 7) is 4.20. The zero-order valence-electron chi connectivity index (χ0n) is 9.44. The van der Waals surface area contributed by atoms with Gasteiger partial charge in [0.2, 0.25) is 0 Å².